The van der Waals surface area contributed by atoms with E-state index in [9.17, 15) is 9.59 Å². The van der Waals surface area contributed by atoms with Crippen molar-refractivity contribution in [2.75, 3.05) is 0 Å². The summed E-state index contributed by atoms with van der Waals surface area (Å²) < 4.78 is 5.89. The van der Waals surface area contributed by atoms with Crippen LogP contribution in [0.4, 0.5) is 0 Å². The molecule has 0 aromatic rings. The third-order valence-electron chi connectivity index (χ3n) is 6.74. The molecule has 0 bridgehead atoms. The van der Waals surface area contributed by atoms with Gasteiger partial charge in [-0.2, -0.15) is 0 Å². The summed E-state index contributed by atoms with van der Waals surface area (Å²) in [5, 5.41) is 8.72. The normalized spacial score (nSPS) is 12.3. The fourth-order valence-corrected chi connectivity index (χ4v) is 4.46. The van der Waals surface area contributed by atoms with Gasteiger partial charge in [-0.1, -0.05) is 109 Å². The molecule has 1 atom stereocenters. The van der Waals surface area contributed by atoms with Crippen molar-refractivity contribution >= 4 is 11.9 Å². The van der Waals surface area contributed by atoms with Crippen LogP contribution in [0.2, 0.25) is 0 Å². The summed E-state index contributed by atoms with van der Waals surface area (Å²) in [6.07, 6.45) is 30.8. The third-order valence-corrected chi connectivity index (χ3v) is 6.74. The van der Waals surface area contributed by atoms with E-state index in [1.165, 1.54) is 77.0 Å². The number of esters is 1. The van der Waals surface area contributed by atoms with Gasteiger partial charge in [-0.05, 0) is 57.8 Å². The lowest BCUT2D eigenvalue weighted by Crippen LogP contribution is -2.18. The van der Waals surface area contributed by atoms with Crippen molar-refractivity contribution in [2.24, 2.45) is 0 Å². The molecule has 0 fully saturated rings. The second kappa shape index (κ2) is 27.3. The standard InChI is InChI=1S/C31H58O4/c1-3-5-7-9-10-11-12-13-14-15-20-24-28-31(34)35-29(25-21-17-8-6-4-2)26-22-18-16-19-23-27-30(32)33/h9-10,29H,3-8,11-28H2,1-2H3,(H,32,33)/b10-9-. The van der Waals surface area contributed by atoms with Gasteiger partial charge in [0, 0.05) is 12.8 Å². The summed E-state index contributed by atoms with van der Waals surface area (Å²) in [6.45, 7) is 4.47. The van der Waals surface area contributed by atoms with E-state index in [1.807, 2.05) is 0 Å². The largest absolute Gasteiger partial charge is 0.481 e. The van der Waals surface area contributed by atoms with E-state index in [0.717, 1.165) is 64.2 Å². The van der Waals surface area contributed by atoms with Crippen molar-refractivity contribution in [1.82, 2.24) is 0 Å². The first-order valence-electron chi connectivity index (χ1n) is 15.2. The van der Waals surface area contributed by atoms with E-state index in [1.54, 1.807) is 0 Å². The number of carbonyl (C=O) groups is 2. The molecule has 0 aliphatic heterocycles. The maximum absolute atomic E-state index is 12.4. The monoisotopic (exact) mass is 494 g/mol. The fraction of sp³-hybridized carbons (Fsp3) is 0.871. The lowest BCUT2D eigenvalue weighted by atomic mass is 10.0. The van der Waals surface area contributed by atoms with Crippen LogP contribution in [0.1, 0.15) is 168 Å². The summed E-state index contributed by atoms with van der Waals surface area (Å²) in [5.74, 6) is -0.715. The summed E-state index contributed by atoms with van der Waals surface area (Å²) in [4.78, 5) is 23.0. The topological polar surface area (TPSA) is 63.6 Å². The van der Waals surface area contributed by atoms with Crippen molar-refractivity contribution < 1.29 is 19.4 Å². The molecular formula is C31H58O4. The molecule has 0 spiro atoms. The first-order valence-corrected chi connectivity index (χ1v) is 15.2. The van der Waals surface area contributed by atoms with Gasteiger partial charge >= 0.3 is 11.9 Å². The van der Waals surface area contributed by atoms with E-state index in [4.69, 9.17) is 9.84 Å². The van der Waals surface area contributed by atoms with Gasteiger partial charge in [0.2, 0.25) is 0 Å². The lowest BCUT2D eigenvalue weighted by molar-refractivity contribution is -0.150. The molecule has 0 aromatic heterocycles. The quantitative estimate of drug-likeness (QED) is 0.0701. The average Bonchev–Trinajstić information content (AvgIpc) is 2.83. The minimum absolute atomic E-state index is 0.0118. The smallest absolute Gasteiger partial charge is 0.306 e. The molecule has 35 heavy (non-hydrogen) atoms. The molecule has 4 nitrogen and oxygen atoms in total. The Bertz CT molecular complexity index is 500. The molecule has 0 amide bonds. The van der Waals surface area contributed by atoms with Crippen LogP contribution in [0.25, 0.3) is 0 Å². The highest BCUT2D eigenvalue weighted by Gasteiger charge is 2.14. The number of ether oxygens (including phenoxy) is 1. The van der Waals surface area contributed by atoms with Gasteiger partial charge in [-0.25, -0.2) is 0 Å². The molecule has 0 rings (SSSR count). The second-order valence-corrected chi connectivity index (χ2v) is 10.3. The summed E-state index contributed by atoms with van der Waals surface area (Å²) in [6, 6.07) is 0. The van der Waals surface area contributed by atoms with Crippen molar-refractivity contribution in [1.29, 1.82) is 0 Å². The van der Waals surface area contributed by atoms with E-state index in [2.05, 4.69) is 26.0 Å². The Hall–Kier alpha value is -1.32. The van der Waals surface area contributed by atoms with Crippen molar-refractivity contribution in [3.63, 3.8) is 0 Å². The Labute approximate surface area is 217 Å². The van der Waals surface area contributed by atoms with E-state index in [-0.39, 0.29) is 18.5 Å². The zero-order chi connectivity index (χ0) is 25.8. The second-order valence-electron chi connectivity index (χ2n) is 10.3. The number of rotatable bonds is 27. The number of hydrogen-bond donors (Lipinski definition) is 1. The Morgan fingerprint density at radius 3 is 1.63 bits per heavy atom. The van der Waals surface area contributed by atoms with E-state index >= 15 is 0 Å². The molecule has 1 unspecified atom stereocenters. The van der Waals surface area contributed by atoms with Crippen LogP contribution < -0.4 is 0 Å². The molecule has 0 saturated heterocycles. The first kappa shape index (κ1) is 33.7. The van der Waals surface area contributed by atoms with Gasteiger partial charge in [-0.3, -0.25) is 9.59 Å². The molecule has 0 aromatic carbocycles. The van der Waals surface area contributed by atoms with E-state index < -0.39 is 5.97 Å². The predicted octanol–water partition coefficient (Wildman–Crippen LogP) is 9.94. The Kier molecular flexibility index (Phi) is 26.2. The zero-order valence-electron chi connectivity index (χ0n) is 23.4. The van der Waals surface area contributed by atoms with Crippen molar-refractivity contribution in [3.05, 3.63) is 12.2 Å². The van der Waals surface area contributed by atoms with Gasteiger partial charge in [0.1, 0.15) is 6.10 Å². The molecule has 206 valence electrons. The molecule has 0 aliphatic rings. The van der Waals surface area contributed by atoms with Crippen molar-refractivity contribution in [2.45, 2.75) is 174 Å². The predicted molar refractivity (Wildman–Crippen MR) is 149 cm³/mol. The van der Waals surface area contributed by atoms with Crippen LogP contribution >= 0.6 is 0 Å². The highest BCUT2D eigenvalue weighted by Crippen LogP contribution is 2.18. The van der Waals surface area contributed by atoms with E-state index in [0.29, 0.717) is 6.42 Å². The maximum atomic E-state index is 12.4. The van der Waals surface area contributed by atoms with Crippen LogP contribution in [-0.2, 0) is 14.3 Å². The van der Waals surface area contributed by atoms with Crippen LogP contribution in [0.5, 0.6) is 0 Å². The van der Waals surface area contributed by atoms with Crippen LogP contribution in [0.3, 0.4) is 0 Å². The Morgan fingerprint density at radius 1 is 0.600 bits per heavy atom. The van der Waals surface area contributed by atoms with Crippen LogP contribution in [-0.4, -0.2) is 23.1 Å². The molecule has 1 N–H and O–H groups in total. The third kappa shape index (κ3) is 27.1. The maximum Gasteiger partial charge on any atom is 0.306 e. The number of allylic oxidation sites excluding steroid dienone is 2. The van der Waals surface area contributed by atoms with Crippen LogP contribution in [0.15, 0.2) is 12.2 Å². The highest BCUT2D eigenvalue weighted by molar-refractivity contribution is 5.69. The fourth-order valence-electron chi connectivity index (χ4n) is 4.46. The van der Waals surface area contributed by atoms with Gasteiger partial charge in [0.25, 0.3) is 0 Å². The number of carbonyl (C=O) groups excluding carboxylic acids is 1. The minimum Gasteiger partial charge on any atom is -0.481 e. The summed E-state index contributed by atoms with van der Waals surface area (Å²) in [7, 11) is 0. The van der Waals surface area contributed by atoms with Gasteiger partial charge in [0.05, 0.1) is 0 Å². The number of unbranched alkanes of at least 4 members (excludes halogenated alkanes) is 16. The number of carboxylic acid groups (broad SMARTS) is 1. The van der Waals surface area contributed by atoms with Gasteiger partial charge in [0.15, 0.2) is 0 Å². The average molecular weight is 495 g/mol. The lowest BCUT2D eigenvalue weighted by Gasteiger charge is -2.18. The van der Waals surface area contributed by atoms with Gasteiger partial charge < -0.3 is 9.84 Å². The van der Waals surface area contributed by atoms with Crippen LogP contribution in [0, 0.1) is 0 Å². The number of aliphatic carboxylic acids is 1. The molecule has 0 heterocycles. The number of carboxylic acids is 1. The first-order chi connectivity index (χ1) is 17.1. The molecule has 0 aliphatic carbocycles. The zero-order valence-corrected chi connectivity index (χ0v) is 23.4. The highest BCUT2D eigenvalue weighted by atomic mass is 16.5. The minimum atomic E-state index is -0.703. The molecule has 0 radical (unpaired) electrons. The Morgan fingerprint density at radius 2 is 1.06 bits per heavy atom. The summed E-state index contributed by atoms with van der Waals surface area (Å²) in [5.41, 5.74) is 0. The molecule has 4 heteroatoms. The molecule has 0 saturated carbocycles. The molecular weight excluding hydrogens is 436 g/mol. The number of hydrogen-bond acceptors (Lipinski definition) is 3. The van der Waals surface area contributed by atoms with Crippen molar-refractivity contribution in [3.8, 4) is 0 Å². The summed E-state index contributed by atoms with van der Waals surface area (Å²) >= 11 is 0. The van der Waals surface area contributed by atoms with Gasteiger partial charge in [-0.15, -0.1) is 0 Å². The SMILES string of the molecule is CCCC/C=C\CCCCCCCCC(=O)OC(CCCCCCC)CCCCCCCC(=O)O. The Balaban J connectivity index is 3.93.